The Hall–Kier alpha value is -2.04. The van der Waals surface area contributed by atoms with E-state index in [1.54, 1.807) is 12.1 Å². The lowest BCUT2D eigenvalue weighted by molar-refractivity contribution is 0.0996. The topological polar surface area (TPSA) is 80.4 Å². The fraction of sp³-hybridized carbons (Fsp3) is 0. The maximum Gasteiger partial charge on any atom is 0.266 e. The van der Waals surface area contributed by atoms with Crippen LogP contribution in [-0.2, 0) is 0 Å². The van der Waals surface area contributed by atoms with Gasteiger partial charge in [-0.05, 0) is 6.07 Å². The van der Waals surface area contributed by atoms with E-state index in [1.165, 1.54) is 16.7 Å². The lowest BCUT2D eigenvalue weighted by Gasteiger charge is -1.86. The van der Waals surface area contributed by atoms with Crippen LogP contribution < -0.4 is 11.3 Å². The molecule has 0 bridgehead atoms. The highest BCUT2D eigenvalue weighted by molar-refractivity contribution is 5.91. The number of imidazole rings is 1. The van der Waals surface area contributed by atoms with E-state index in [-0.39, 0.29) is 11.3 Å². The van der Waals surface area contributed by atoms with E-state index >= 15 is 0 Å². The molecule has 2 heterocycles. The zero-order valence-electron chi connectivity index (χ0n) is 6.65. The van der Waals surface area contributed by atoms with Gasteiger partial charge in [0, 0.05) is 12.3 Å². The van der Waals surface area contributed by atoms with Gasteiger partial charge in [0.05, 0.1) is 0 Å². The Kier molecular flexibility index (Phi) is 1.45. The summed E-state index contributed by atoms with van der Waals surface area (Å²) in [5.74, 6) is -0.580. The van der Waals surface area contributed by atoms with Crippen LogP contribution in [0.3, 0.4) is 0 Å². The van der Waals surface area contributed by atoms with Gasteiger partial charge < -0.3 is 10.7 Å². The molecule has 2 aromatic rings. The Morgan fingerprint density at radius 2 is 2.23 bits per heavy atom. The number of hydrogen-bond acceptors (Lipinski definition) is 2. The molecule has 2 rings (SSSR count). The molecule has 0 atom stereocenters. The molecular formula is C8H7N3O2. The van der Waals surface area contributed by atoms with Crippen LogP contribution in [0.25, 0.3) is 5.65 Å². The van der Waals surface area contributed by atoms with E-state index in [9.17, 15) is 9.59 Å². The molecule has 3 N–H and O–H groups in total. The van der Waals surface area contributed by atoms with Gasteiger partial charge in [0.1, 0.15) is 11.3 Å². The minimum Gasteiger partial charge on any atom is -0.364 e. The van der Waals surface area contributed by atoms with Crippen LogP contribution in [0.15, 0.2) is 29.2 Å². The first-order chi connectivity index (χ1) is 6.18. The maximum absolute atomic E-state index is 11.2. The number of nitrogens with one attached hydrogen (secondary N) is 1. The lowest BCUT2D eigenvalue weighted by atomic mass is 10.5. The fourth-order valence-electron chi connectivity index (χ4n) is 1.16. The average molecular weight is 177 g/mol. The molecule has 5 heteroatoms. The van der Waals surface area contributed by atoms with Crippen LogP contribution in [-0.4, -0.2) is 15.3 Å². The minimum absolute atomic E-state index is 0.193. The van der Waals surface area contributed by atoms with Crippen molar-refractivity contribution in [2.45, 2.75) is 0 Å². The summed E-state index contributed by atoms with van der Waals surface area (Å²) in [5.41, 5.74) is 5.63. The third-order valence-electron chi connectivity index (χ3n) is 1.78. The second kappa shape index (κ2) is 2.48. The molecule has 0 aliphatic rings. The molecular weight excluding hydrogens is 170 g/mol. The molecule has 2 aromatic heterocycles. The van der Waals surface area contributed by atoms with E-state index in [4.69, 9.17) is 5.73 Å². The molecule has 0 radical (unpaired) electrons. The van der Waals surface area contributed by atoms with Gasteiger partial charge in [0.15, 0.2) is 0 Å². The highest BCUT2D eigenvalue weighted by Crippen LogP contribution is 1.99. The van der Waals surface area contributed by atoms with Crippen molar-refractivity contribution in [3.63, 3.8) is 0 Å². The number of aromatic nitrogens is 2. The van der Waals surface area contributed by atoms with Crippen LogP contribution in [0.1, 0.15) is 10.5 Å². The number of primary amides is 1. The smallest absolute Gasteiger partial charge is 0.266 e. The summed E-state index contributed by atoms with van der Waals surface area (Å²) in [4.78, 5) is 24.7. The first-order valence-corrected chi connectivity index (χ1v) is 3.69. The number of carbonyl (C=O) groups is 1. The molecule has 0 aromatic carbocycles. The largest absolute Gasteiger partial charge is 0.364 e. The quantitative estimate of drug-likeness (QED) is 0.628. The van der Waals surface area contributed by atoms with Crippen LogP contribution in [0.2, 0.25) is 0 Å². The number of hydrogen-bond donors (Lipinski definition) is 2. The molecule has 0 aliphatic heterocycles. The number of carbonyl (C=O) groups excluding carboxylic acids is 1. The Bertz CT molecular complexity index is 523. The van der Waals surface area contributed by atoms with E-state index in [1.807, 2.05) is 0 Å². The second-order valence-electron chi connectivity index (χ2n) is 2.65. The molecule has 0 saturated carbocycles. The zero-order chi connectivity index (χ0) is 9.42. The van der Waals surface area contributed by atoms with Crippen LogP contribution in [0.4, 0.5) is 0 Å². The average Bonchev–Trinajstić information content (AvgIpc) is 2.49. The molecule has 1 amide bonds. The summed E-state index contributed by atoms with van der Waals surface area (Å²) in [7, 11) is 0. The predicted octanol–water partition coefficient (Wildman–Crippen LogP) is -0.274. The highest BCUT2D eigenvalue weighted by atomic mass is 16.1. The molecule has 0 fully saturated rings. The summed E-state index contributed by atoms with van der Waals surface area (Å²) >= 11 is 0. The van der Waals surface area contributed by atoms with Crippen LogP contribution in [0, 0.1) is 0 Å². The number of H-pyrrole nitrogens is 1. The number of nitrogens with two attached hydrogens (primary N) is 1. The van der Waals surface area contributed by atoms with Gasteiger partial charge >= 0.3 is 0 Å². The number of amides is 1. The van der Waals surface area contributed by atoms with Gasteiger partial charge in [-0.25, -0.2) is 0 Å². The Labute approximate surface area is 72.8 Å². The second-order valence-corrected chi connectivity index (χ2v) is 2.65. The first kappa shape index (κ1) is 7.60. The number of nitrogens with zero attached hydrogens (tertiary/aromatic N) is 1. The molecule has 0 spiro atoms. The monoisotopic (exact) mass is 177 g/mol. The molecule has 0 aliphatic carbocycles. The number of pyridine rings is 1. The van der Waals surface area contributed by atoms with Gasteiger partial charge in [-0.1, -0.05) is 6.07 Å². The normalized spacial score (nSPS) is 10.5. The summed E-state index contributed by atoms with van der Waals surface area (Å²) in [5, 5.41) is 0. The zero-order valence-corrected chi connectivity index (χ0v) is 6.65. The van der Waals surface area contributed by atoms with Crippen molar-refractivity contribution < 1.29 is 4.79 Å². The summed E-state index contributed by atoms with van der Waals surface area (Å²) < 4.78 is 1.33. The number of rotatable bonds is 1. The Balaban J connectivity index is 2.83. The van der Waals surface area contributed by atoms with Crippen molar-refractivity contribution in [1.82, 2.24) is 9.38 Å². The molecule has 0 unspecified atom stereocenters. The van der Waals surface area contributed by atoms with Crippen molar-refractivity contribution in [3.05, 3.63) is 40.4 Å². The van der Waals surface area contributed by atoms with Crippen molar-refractivity contribution in [3.8, 4) is 0 Å². The SMILES string of the molecule is NC(=O)c1cn2c(=O)cccc2[nH]1. The van der Waals surface area contributed by atoms with Crippen LogP contribution in [0.5, 0.6) is 0 Å². The van der Waals surface area contributed by atoms with Gasteiger partial charge in [0.25, 0.3) is 11.5 Å². The Morgan fingerprint density at radius 3 is 2.85 bits per heavy atom. The van der Waals surface area contributed by atoms with Gasteiger partial charge in [-0.3, -0.25) is 14.0 Å². The van der Waals surface area contributed by atoms with Gasteiger partial charge in [-0.15, -0.1) is 0 Å². The van der Waals surface area contributed by atoms with E-state index in [0.717, 1.165) is 0 Å². The molecule has 0 saturated heterocycles. The highest BCUT2D eigenvalue weighted by Gasteiger charge is 2.05. The van der Waals surface area contributed by atoms with Crippen molar-refractivity contribution >= 4 is 11.6 Å². The lowest BCUT2D eigenvalue weighted by Crippen LogP contribution is -2.11. The standard InChI is InChI=1S/C8H7N3O2/c9-8(13)5-4-11-6(10-5)2-1-3-7(11)12/h1-4,10H,(H2,9,13). The van der Waals surface area contributed by atoms with Gasteiger partial charge in [-0.2, -0.15) is 0 Å². The number of aromatic amines is 1. The summed E-state index contributed by atoms with van der Waals surface area (Å²) in [6.07, 6.45) is 1.39. The van der Waals surface area contributed by atoms with Crippen molar-refractivity contribution in [2.75, 3.05) is 0 Å². The minimum atomic E-state index is -0.580. The van der Waals surface area contributed by atoms with E-state index in [0.29, 0.717) is 5.65 Å². The van der Waals surface area contributed by atoms with Crippen molar-refractivity contribution in [1.29, 1.82) is 0 Å². The van der Waals surface area contributed by atoms with E-state index < -0.39 is 5.91 Å². The maximum atomic E-state index is 11.2. The summed E-state index contributed by atoms with van der Waals surface area (Å²) in [6, 6.07) is 4.71. The van der Waals surface area contributed by atoms with Crippen molar-refractivity contribution in [2.24, 2.45) is 5.73 Å². The molecule has 5 nitrogen and oxygen atoms in total. The number of fused-ring (bicyclic) bond motifs is 1. The van der Waals surface area contributed by atoms with Gasteiger partial charge in [0.2, 0.25) is 0 Å². The van der Waals surface area contributed by atoms with E-state index in [2.05, 4.69) is 4.98 Å². The fourth-order valence-corrected chi connectivity index (χ4v) is 1.16. The molecule has 66 valence electrons. The summed E-state index contributed by atoms with van der Waals surface area (Å²) in [6.45, 7) is 0. The van der Waals surface area contributed by atoms with Crippen LogP contribution >= 0.6 is 0 Å². The third kappa shape index (κ3) is 1.10. The Morgan fingerprint density at radius 1 is 1.46 bits per heavy atom. The first-order valence-electron chi connectivity index (χ1n) is 3.69. The predicted molar refractivity (Wildman–Crippen MR) is 46.5 cm³/mol. The third-order valence-corrected chi connectivity index (χ3v) is 1.78. The molecule has 13 heavy (non-hydrogen) atoms.